The van der Waals surface area contributed by atoms with E-state index >= 15 is 0 Å². The van der Waals surface area contributed by atoms with Crippen molar-refractivity contribution in [1.82, 2.24) is 9.38 Å². The molecule has 5 nitrogen and oxygen atoms in total. The minimum atomic E-state index is 0.175. The predicted octanol–water partition coefficient (Wildman–Crippen LogP) is 1.76. The van der Waals surface area contributed by atoms with Gasteiger partial charge in [-0.05, 0) is 6.42 Å². The molecule has 0 amide bonds. The molecule has 0 aliphatic rings. The van der Waals surface area contributed by atoms with Crippen LogP contribution in [0.4, 0.5) is 5.82 Å². The van der Waals surface area contributed by atoms with Crippen LogP contribution in [-0.4, -0.2) is 42.7 Å². The molecule has 1 atom stereocenters. The van der Waals surface area contributed by atoms with E-state index in [2.05, 4.69) is 27.8 Å². The molecule has 0 saturated carbocycles. The van der Waals surface area contributed by atoms with E-state index < -0.39 is 0 Å². The summed E-state index contributed by atoms with van der Waals surface area (Å²) in [6, 6.07) is 0.175. The molecule has 2 N–H and O–H groups in total. The summed E-state index contributed by atoms with van der Waals surface area (Å²) in [6.07, 6.45) is 3.89. The van der Waals surface area contributed by atoms with Crippen LogP contribution in [0, 0.1) is 0 Å². The highest BCUT2D eigenvalue weighted by Gasteiger charge is 2.18. The highest BCUT2D eigenvalue weighted by Crippen LogP contribution is 2.25. The smallest absolute Gasteiger partial charge is 0.195 e. The van der Waals surface area contributed by atoms with Gasteiger partial charge >= 0.3 is 0 Å². The van der Waals surface area contributed by atoms with E-state index in [1.807, 2.05) is 7.05 Å². The standard InChI is InChI=1S/C13H22N4OS/c1-4-10(14)9-11-12(16(2)5-7-18-3)15-13-17(11)6-8-19-13/h6,8,10H,4-5,7,9,14H2,1-3H3. The molecule has 19 heavy (non-hydrogen) atoms. The summed E-state index contributed by atoms with van der Waals surface area (Å²) in [6.45, 7) is 3.64. The van der Waals surface area contributed by atoms with Gasteiger partial charge < -0.3 is 15.4 Å². The third-order valence-electron chi connectivity index (χ3n) is 3.31. The molecule has 1 unspecified atom stereocenters. The van der Waals surface area contributed by atoms with E-state index in [1.54, 1.807) is 18.4 Å². The van der Waals surface area contributed by atoms with E-state index in [0.717, 1.165) is 30.2 Å². The van der Waals surface area contributed by atoms with Gasteiger partial charge in [-0.25, -0.2) is 4.98 Å². The summed E-state index contributed by atoms with van der Waals surface area (Å²) in [5, 5.41) is 2.06. The number of nitrogens with two attached hydrogens (primary N) is 1. The number of methoxy groups -OCH3 is 1. The normalized spacial score (nSPS) is 13.1. The second kappa shape index (κ2) is 6.36. The fourth-order valence-corrected chi connectivity index (χ4v) is 2.77. The van der Waals surface area contributed by atoms with Crippen molar-refractivity contribution in [2.75, 3.05) is 32.2 Å². The maximum Gasteiger partial charge on any atom is 0.195 e. The quantitative estimate of drug-likeness (QED) is 0.841. The van der Waals surface area contributed by atoms with Gasteiger partial charge in [-0.2, -0.15) is 0 Å². The average Bonchev–Trinajstić information content (AvgIpc) is 2.98. The predicted molar refractivity (Wildman–Crippen MR) is 80.2 cm³/mol. The lowest BCUT2D eigenvalue weighted by molar-refractivity contribution is 0.206. The number of rotatable bonds is 7. The van der Waals surface area contributed by atoms with E-state index in [1.165, 1.54) is 5.69 Å². The van der Waals surface area contributed by atoms with Crippen molar-refractivity contribution in [2.24, 2.45) is 5.73 Å². The second-order valence-electron chi connectivity index (χ2n) is 4.72. The maximum absolute atomic E-state index is 6.11. The number of ether oxygens (including phenoxy) is 1. The van der Waals surface area contributed by atoms with Crippen molar-refractivity contribution in [1.29, 1.82) is 0 Å². The molecule has 2 aromatic heterocycles. The lowest BCUT2D eigenvalue weighted by Crippen LogP contribution is -2.27. The van der Waals surface area contributed by atoms with Gasteiger partial charge in [-0.15, -0.1) is 11.3 Å². The molecule has 0 bridgehead atoms. The van der Waals surface area contributed by atoms with Gasteiger partial charge in [0.05, 0.1) is 12.3 Å². The molecule has 0 fully saturated rings. The Morgan fingerprint density at radius 3 is 3.05 bits per heavy atom. The Labute approximate surface area is 118 Å². The molecule has 2 heterocycles. The summed E-state index contributed by atoms with van der Waals surface area (Å²) in [4.78, 5) is 7.87. The molecular formula is C13H22N4OS. The first-order valence-electron chi connectivity index (χ1n) is 6.57. The van der Waals surface area contributed by atoms with E-state index in [0.29, 0.717) is 6.61 Å². The SMILES string of the molecule is CCC(N)Cc1c(N(C)CCOC)nc2sccn12. The first-order chi connectivity index (χ1) is 9.17. The van der Waals surface area contributed by atoms with Crippen molar-refractivity contribution in [2.45, 2.75) is 25.8 Å². The summed E-state index contributed by atoms with van der Waals surface area (Å²) in [7, 11) is 3.76. The fourth-order valence-electron chi connectivity index (χ4n) is 2.04. The van der Waals surface area contributed by atoms with Crippen LogP contribution in [0.3, 0.4) is 0 Å². The Morgan fingerprint density at radius 1 is 1.58 bits per heavy atom. The highest BCUT2D eigenvalue weighted by molar-refractivity contribution is 7.15. The van der Waals surface area contributed by atoms with E-state index in [-0.39, 0.29) is 6.04 Å². The Morgan fingerprint density at radius 2 is 2.37 bits per heavy atom. The molecule has 0 aliphatic heterocycles. The molecule has 6 heteroatoms. The molecule has 0 aliphatic carbocycles. The van der Waals surface area contributed by atoms with Gasteiger partial charge in [0.2, 0.25) is 0 Å². The zero-order valence-electron chi connectivity index (χ0n) is 11.8. The van der Waals surface area contributed by atoms with Crippen molar-refractivity contribution in [3.63, 3.8) is 0 Å². The maximum atomic E-state index is 6.11. The second-order valence-corrected chi connectivity index (χ2v) is 5.60. The minimum Gasteiger partial charge on any atom is -0.383 e. The third-order valence-corrected chi connectivity index (χ3v) is 4.07. The van der Waals surface area contributed by atoms with Crippen LogP contribution >= 0.6 is 11.3 Å². The first kappa shape index (κ1) is 14.3. The lowest BCUT2D eigenvalue weighted by Gasteiger charge is -2.19. The number of aromatic nitrogens is 2. The number of imidazole rings is 1. The lowest BCUT2D eigenvalue weighted by atomic mass is 10.1. The highest BCUT2D eigenvalue weighted by atomic mass is 32.1. The molecule has 0 saturated heterocycles. The van der Waals surface area contributed by atoms with Crippen LogP contribution in [-0.2, 0) is 11.2 Å². The number of hydrogen-bond donors (Lipinski definition) is 1. The Hall–Kier alpha value is -1.11. The van der Waals surface area contributed by atoms with Gasteiger partial charge in [0.1, 0.15) is 0 Å². The molecule has 2 aromatic rings. The fraction of sp³-hybridized carbons (Fsp3) is 0.615. The van der Waals surface area contributed by atoms with Gasteiger partial charge in [0.15, 0.2) is 10.8 Å². The summed E-state index contributed by atoms with van der Waals surface area (Å²) in [5.41, 5.74) is 7.31. The number of thiazole rings is 1. The van der Waals surface area contributed by atoms with Crippen molar-refractivity contribution < 1.29 is 4.74 Å². The minimum absolute atomic E-state index is 0.175. The summed E-state index contributed by atoms with van der Waals surface area (Å²) in [5.74, 6) is 1.02. The molecule has 0 radical (unpaired) electrons. The number of hydrogen-bond acceptors (Lipinski definition) is 5. The molecular weight excluding hydrogens is 260 g/mol. The zero-order valence-corrected chi connectivity index (χ0v) is 12.6. The third kappa shape index (κ3) is 3.08. The van der Waals surface area contributed by atoms with Gasteiger partial charge in [0.25, 0.3) is 0 Å². The number of fused-ring (bicyclic) bond motifs is 1. The Balaban J connectivity index is 2.30. The number of likely N-dealkylation sites (N-methyl/N-ethyl adjacent to an activating group) is 1. The van der Waals surface area contributed by atoms with Crippen molar-refractivity contribution in [3.05, 3.63) is 17.3 Å². The van der Waals surface area contributed by atoms with Crippen molar-refractivity contribution in [3.8, 4) is 0 Å². The van der Waals surface area contributed by atoms with E-state index in [4.69, 9.17) is 15.5 Å². The monoisotopic (exact) mass is 282 g/mol. The molecule has 2 rings (SSSR count). The van der Waals surface area contributed by atoms with Crippen LogP contribution in [0.1, 0.15) is 19.0 Å². The average molecular weight is 282 g/mol. The number of anilines is 1. The van der Waals surface area contributed by atoms with Crippen LogP contribution in [0.15, 0.2) is 11.6 Å². The van der Waals surface area contributed by atoms with E-state index in [9.17, 15) is 0 Å². The molecule has 106 valence electrons. The van der Waals surface area contributed by atoms with Gasteiger partial charge in [-0.1, -0.05) is 6.92 Å². The van der Waals surface area contributed by atoms with Crippen LogP contribution < -0.4 is 10.6 Å². The molecule has 0 spiro atoms. The Kier molecular flexibility index (Phi) is 4.79. The van der Waals surface area contributed by atoms with Gasteiger partial charge in [0, 0.05) is 44.7 Å². The molecule has 0 aromatic carbocycles. The van der Waals surface area contributed by atoms with Gasteiger partial charge in [-0.3, -0.25) is 4.40 Å². The zero-order chi connectivity index (χ0) is 13.8. The Bertz CT molecular complexity index is 522. The van der Waals surface area contributed by atoms with Crippen LogP contribution in [0.2, 0.25) is 0 Å². The van der Waals surface area contributed by atoms with Crippen LogP contribution in [0.25, 0.3) is 4.96 Å². The topological polar surface area (TPSA) is 55.8 Å². The van der Waals surface area contributed by atoms with Crippen molar-refractivity contribution >= 4 is 22.1 Å². The first-order valence-corrected chi connectivity index (χ1v) is 7.45. The number of nitrogens with zero attached hydrogens (tertiary/aromatic N) is 3. The summed E-state index contributed by atoms with van der Waals surface area (Å²) >= 11 is 1.65. The summed E-state index contributed by atoms with van der Waals surface area (Å²) < 4.78 is 7.28. The van der Waals surface area contributed by atoms with Crippen LogP contribution in [0.5, 0.6) is 0 Å². The largest absolute Gasteiger partial charge is 0.383 e.